The number of rotatable bonds is 10. The van der Waals surface area contributed by atoms with Gasteiger partial charge < -0.3 is 15.0 Å². The van der Waals surface area contributed by atoms with Gasteiger partial charge in [0.05, 0.1) is 6.61 Å². The zero-order chi connectivity index (χ0) is 21.5. The Hall–Kier alpha value is -2.23. The summed E-state index contributed by atoms with van der Waals surface area (Å²) >= 11 is 0. The Bertz CT molecular complexity index is 602. The van der Waals surface area contributed by atoms with Gasteiger partial charge >= 0.3 is 0 Å². The van der Waals surface area contributed by atoms with Crippen molar-refractivity contribution in [1.29, 1.82) is 0 Å². The summed E-state index contributed by atoms with van der Waals surface area (Å²) in [5.41, 5.74) is 3.39. The molecule has 0 spiro atoms. The summed E-state index contributed by atoms with van der Waals surface area (Å²) in [6, 6.07) is 0. The van der Waals surface area contributed by atoms with Crippen molar-refractivity contribution in [2.45, 2.75) is 54.4 Å². The number of nitrogens with zero attached hydrogens (tertiary/aromatic N) is 1. The quantitative estimate of drug-likeness (QED) is 0.311. The average molecular weight is 389 g/mol. The maximum Gasteiger partial charge on any atom is 0.219 e. The summed E-state index contributed by atoms with van der Waals surface area (Å²) in [5.74, 6) is 1.68. The van der Waals surface area contributed by atoms with Gasteiger partial charge in [-0.2, -0.15) is 0 Å². The number of amides is 1. The molecule has 0 unspecified atom stereocenters. The lowest BCUT2D eigenvalue weighted by molar-refractivity contribution is -0.135. The smallest absolute Gasteiger partial charge is 0.219 e. The number of hydrogen-bond donors (Lipinski definition) is 1. The Morgan fingerprint density at radius 3 is 2.32 bits per heavy atom. The lowest BCUT2D eigenvalue weighted by Crippen LogP contribution is -2.48. The molecule has 28 heavy (non-hydrogen) atoms. The molecule has 0 aromatic heterocycles. The number of carbonyl (C=O) groups is 1. The van der Waals surface area contributed by atoms with Crippen molar-refractivity contribution < 1.29 is 9.53 Å². The molecule has 0 aromatic carbocycles. The summed E-state index contributed by atoms with van der Waals surface area (Å²) < 4.78 is 5.90. The molecule has 0 saturated carbocycles. The monoisotopic (exact) mass is 388 g/mol. The van der Waals surface area contributed by atoms with Gasteiger partial charge in [-0.15, -0.1) is 0 Å². The van der Waals surface area contributed by atoms with E-state index in [1.165, 1.54) is 5.57 Å². The number of allylic oxidation sites excluding steroid dienone is 6. The zero-order valence-corrected chi connectivity index (χ0v) is 19.0. The van der Waals surface area contributed by atoms with E-state index >= 15 is 0 Å². The molecule has 0 radical (unpaired) electrons. The minimum atomic E-state index is 0.181. The molecule has 1 rings (SSSR count). The Morgan fingerprint density at radius 2 is 1.86 bits per heavy atom. The van der Waals surface area contributed by atoms with Crippen molar-refractivity contribution >= 4 is 5.91 Å². The van der Waals surface area contributed by atoms with E-state index in [-0.39, 0.29) is 5.91 Å². The van der Waals surface area contributed by atoms with E-state index in [0.717, 1.165) is 43.0 Å². The Morgan fingerprint density at radius 1 is 1.21 bits per heavy atom. The van der Waals surface area contributed by atoms with Crippen LogP contribution in [0.2, 0.25) is 0 Å². The van der Waals surface area contributed by atoms with Gasteiger partial charge in [0.1, 0.15) is 5.76 Å². The summed E-state index contributed by atoms with van der Waals surface area (Å²) in [5, 5.41) is 3.21. The minimum Gasteiger partial charge on any atom is -0.494 e. The molecule has 0 aliphatic carbocycles. The van der Waals surface area contributed by atoms with Crippen LogP contribution in [0.3, 0.4) is 0 Å². The summed E-state index contributed by atoms with van der Waals surface area (Å²) in [6.45, 7) is 18.1. The van der Waals surface area contributed by atoms with E-state index < -0.39 is 0 Å². The molecule has 1 aliphatic heterocycles. The maximum absolute atomic E-state index is 11.2. The summed E-state index contributed by atoms with van der Waals surface area (Å²) in [6.07, 6.45) is 11.9. The van der Waals surface area contributed by atoms with Crippen LogP contribution in [0, 0.1) is 5.92 Å². The zero-order valence-electron chi connectivity index (χ0n) is 19.0. The average Bonchev–Trinajstić information content (AvgIpc) is 2.64. The molecule has 1 saturated heterocycles. The van der Waals surface area contributed by atoms with Crippen LogP contribution in [-0.4, -0.2) is 37.6 Å². The molecular weight excluding hydrogens is 348 g/mol. The summed E-state index contributed by atoms with van der Waals surface area (Å²) in [4.78, 5) is 13.1. The van der Waals surface area contributed by atoms with Gasteiger partial charge in [0.2, 0.25) is 5.91 Å². The molecular formula is C24H40N2O2. The predicted octanol–water partition coefficient (Wildman–Crippen LogP) is 5.37. The van der Waals surface area contributed by atoms with E-state index in [1.54, 1.807) is 13.0 Å². The third-order valence-corrected chi connectivity index (χ3v) is 4.51. The Kier molecular flexibility index (Phi) is 13.6. The first-order valence-corrected chi connectivity index (χ1v) is 10.3. The third kappa shape index (κ3) is 9.12. The van der Waals surface area contributed by atoms with E-state index in [1.807, 2.05) is 50.9 Å². The first-order chi connectivity index (χ1) is 13.4. The molecule has 1 amide bonds. The van der Waals surface area contributed by atoms with Crippen LogP contribution in [-0.2, 0) is 9.53 Å². The van der Waals surface area contributed by atoms with Crippen molar-refractivity contribution in [3.8, 4) is 0 Å². The van der Waals surface area contributed by atoms with Crippen molar-refractivity contribution in [3.05, 3.63) is 59.6 Å². The standard InChI is InChI=1S/C22H34N2O2.C2H6/c1-7-10-22(23-6)21(17(3)4)13-12-20(8-2)26-14-9-11-19-15-24(16-19)18(5)25;1-2/h7-8,10,12-13,19,23H,1,9,11,14-16H2,2-6H3;1-2H3/b13-12-,20-8+,22-10-;. The highest BCUT2D eigenvalue weighted by atomic mass is 16.5. The molecule has 1 fully saturated rings. The predicted molar refractivity (Wildman–Crippen MR) is 121 cm³/mol. The van der Waals surface area contributed by atoms with Crippen LogP contribution in [0.25, 0.3) is 0 Å². The fourth-order valence-corrected chi connectivity index (χ4v) is 2.92. The van der Waals surface area contributed by atoms with Crippen LogP contribution < -0.4 is 5.32 Å². The molecule has 1 heterocycles. The van der Waals surface area contributed by atoms with Crippen molar-refractivity contribution in [1.82, 2.24) is 10.2 Å². The fourth-order valence-electron chi connectivity index (χ4n) is 2.92. The SMILES string of the molecule is C=C/C=C(\NC)C(/C=C\C(=C/C)OCCCC1CN(C(C)=O)C1)=C(C)C.CC. The van der Waals surface area contributed by atoms with Gasteiger partial charge in [-0.25, -0.2) is 0 Å². The summed E-state index contributed by atoms with van der Waals surface area (Å²) in [7, 11) is 1.91. The van der Waals surface area contributed by atoms with Gasteiger partial charge in [0.15, 0.2) is 0 Å². The first kappa shape index (κ1) is 25.8. The van der Waals surface area contributed by atoms with E-state index in [4.69, 9.17) is 4.74 Å². The maximum atomic E-state index is 11.2. The molecule has 4 heteroatoms. The van der Waals surface area contributed by atoms with E-state index in [9.17, 15) is 4.79 Å². The third-order valence-electron chi connectivity index (χ3n) is 4.51. The largest absolute Gasteiger partial charge is 0.494 e. The van der Waals surface area contributed by atoms with Crippen LogP contribution in [0.5, 0.6) is 0 Å². The highest BCUT2D eigenvalue weighted by Crippen LogP contribution is 2.21. The highest BCUT2D eigenvalue weighted by Gasteiger charge is 2.27. The molecule has 158 valence electrons. The Balaban J connectivity index is 0.00000352. The van der Waals surface area contributed by atoms with Crippen LogP contribution in [0.4, 0.5) is 0 Å². The van der Waals surface area contributed by atoms with Gasteiger partial charge in [0.25, 0.3) is 0 Å². The van der Waals surface area contributed by atoms with Crippen LogP contribution >= 0.6 is 0 Å². The van der Waals surface area contributed by atoms with Gasteiger partial charge in [-0.3, -0.25) is 4.79 Å². The van der Waals surface area contributed by atoms with E-state index in [2.05, 4.69) is 31.8 Å². The number of ether oxygens (including phenoxy) is 1. The Labute approximate surface area is 172 Å². The van der Waals surface area contributed by atoms with Gasteiger partial charge in [-0.1, -0.05) is 32.1 Å². The highest BCUT2D eigenvalue weighted by molar-refractivity contribution is 5.74. The van der Waals surface area contributed by atoms with Crippen molar-refractivity contribution in [3.63, 3.8) is 0 Å². The molecule has 1 N–H and O–H groups in total. The van der Waals surface area contributed by atoms with Crippen molar-refractivity contribution in [2.24, 2.45) is 5.92 Å². The second kappa shape index (κ2) is 14.8. The topological polar surface area (TPSA) is 41.6 Å². The van der Waals surface area contributed by atoms with Crippen LogP contribution in [0.15, 0.2) is 59.6 Å². The number of likely N-dealkylation sites (N-methyl/N-ethyl adjacent to an activating group) is 1. The second-order valence-corrected chi connectivity index (χ2v) is 6.78. The lowest BCUT2D eigenvalue weighted by Gasteiger charge is -2.38. The van der Waals surface area contributed by atoms with Gasteiger partial charge in [-0.05, 0) is 69.4 Å². The van der Waals surface area contributed by atoms with E-state index in [0.29, 0.717) is 12.5 Å². The first-order valence-electron chi connectivity index (χ1n) is 10.3. The molecule has 1 aliphatic rings. The van der Waals surface area contributed by atoms with Crippen molar-refractivity contribution in [2.75, 3.05) is 26.7 Å². The number of carbonyl (C=O) groups excluding carboxylic acids is 1. The number of hydrogen-bond acceptors (Lipinski definition) is 3. The molecule has 0 bridgehead atoms. The van der Waals surface area contributed by atoms with Crippen LogP contribution in [0.1, 0.15) is 54.4 Å². The van der Waals surface area contributed by atoms with Gasteiger partial charge in [0, 0.05) is 32.8 Å². The second-order valence-electron chi connectivity index (χ2n) is 6.78. The minimum absolute atomic E-state index is 0.181. The number of nitrogens with one attached hydrogen (secondary N) is 1. The normalized spacial score (nSPS) is 14.8. The fraction of sp³-hybridized carbons (Fsp3) is 0.542. The lowest BCUT2D eigenvalue weighted by atomic mass is 9.95. The number of likely N-dealkylation sites (tertiary alicyclic amines) is 1. The molecule has 0 aromatic rings. The molecule has 0 atom stereocenters. The molecule has 4 nitrogen and oxygen atoms in total.